The molecule has 0 saturated carbocycles. The van der Waals surface area contributed by atoms with E-state index in [0.717, 1.165) is 11.2 Å². The van der Waals surface area contributed by atoms with Crippen LogP contribution in [-0.4, -0.2) is 24.1 Å². The lowest BCUT2D eigenvalue weighted by Gasteiger charge is -2.30. The molecule has 0 spiro atoms. The van der Waals surface area contributed by atoms with Gasteiger partial charge in [-0.2, -0.15) is 0 Å². The van der Waals surface area contributed by atoms with Gasteiger partial charge in [-0.05, 0) is 35.6 Å². The molecular formula is C22H20N2O2S. The standard InChI is InChI=1S/C22H20N2O2S/c1-12-13-7-4-6-10-18(13)27-21(12)20-19-15(11-17(24-20)22(25)26-2)14-8-3-5-9-16(14)23-19/h3-10,17,20,23-24H,11H2,1-2H3/t17-,20-/m1/s1. The molecule has 4 aromatic rings. The fourth-order valence-corrected chi connectivity index (χ4v) is 5.49. The first-order valence-corrected chi connectivity index (χ1v) is 9.90. The number of carbonyl (C=O) groups is 1. The molecule has 5 heteroatoms. The molecule has 0 aliphatic carbocycles. The van der Waals surface area contributed by atoms with Crippen molar-refractivity contribution in [1.29, 1.82) is 0 Å². The van der Waals surface area contributed by atoms with Crippen LogP contribution in [-0.2, 0) is 16.0 Å². The molecule has 27 heavy (non-hydrogen) atoms. The second-order valence-corrected chi connectivity index (χ2v) is 8.11. The van der Waals surface area contributed by atoms with Crippen LogP contribution >= 0.6 is 11.3 Å². The highest BCUT2D eigenvalue weighted by Crippen LogP contribution is 2.41. The van der Waals surface area contributed by atoms with Crippen LogP contribution < -0.4 is 5.32 Å². The number of nitrogens with one attached hydrogen (secondary N) is 2. The molecule has 0 radical (unpaired) electrons. The van der Waals surface area contributed by atoms with Gasteiger partial charge >= 0.3 is 5.97 Å². The minimum Gasteiger partial charge on any atom is -0.468 e. The van der Waals surface area contributed by atoms with Crippen molar-refractivity contribution in [1.82, 2.24) is 10.3 Å². The molecule has 2 atom stereocenters. The number of H-pyrrole nitrogens is 1. The summed E-state index contributed by atoms with van der Waals surface area (Å²) in [5, 5.41) is 6.01. The molecule has 136 valence electrons. The van der Waals surface area contributed by atoms with Crippen LogP contribution in [0.5, 0.6) is 0 Å². The second-order valence-electron chi connectivity index (χ2n) is 7.03. The second kappa shape index (κ2) is 6.22. The van der Waals surface area contributed by atoms with E-state index in [1.165, 1.54) is 38.6 Å². The number of hydrogen-bond donors (Lipinski definition) is 2. The van der Waals surface area contributed by atoms with Crippen molar-refractivity contribution >= 4 is 38.3 Å². The minimum absolute atomic E-state index is 0.0531. The van der Waals surface area contributed by atoms with Crippen LogP contribution in [0, 0.1) is 6.92 Å². The monoisotopic (exact) mass is 376 g/mol. The van der Waals surface area contributed by atoms with Gasteiger partial charge in [0, 0.05) is 32.6 Å². The van der Waals surface area contributed by atoms with Crippen LogP contribution in [0.3, 0.4) is 0 Å². The van der Waals surface area contributed by atoms with E-state index >= 15 is 0 Å². The largest absolute Gasteiger partial charge is 0.468 e. The third-order valence-corrected chi connectivity index (χ3v) is 6.88. The fraction of sp³-hybridized carbons (Fsp3) is 0.227. The molecular weight excluding hydrogens is 356 g/mol. The van der Waals surface area contributed by atoms with Crippen molar-refractivity contribution in [2.45, 2.75) is 25.4 Å². The average molecular weight is 376 g/mol. The molecule has 1 aliphatic rings. The zero-order valence-electron chi connectivity index (χ0n) is 15.2. The first kappa shape index (κ1) is 16.5. The Morgan fingerprint density at radius 1 is 1.11 bits per heavy atom. The lowest BCUT2D eigenvalue weighted by atomic mass is 9.92. The van der Waals surface area contributed by atoms with E-state index in [1.807, 2.05) is 12.1 Å². The summed E-state index contributed by atoms with van der Waals surface area (Å²) in [4.78, 5) is 17.2. The molecule has 0 unspecified atom stereocenters. The van der Waals surface area contributed by atoms with Gasteiger partial charge in [-0.3, -0.25) is 10.1 Å². The highest BCUT2D eigenvalue weighted by molar-refractivity contribution is 7.19. The molecule has 5 rings (SSSR count). The lowest BCUT2D eigenvalue weighted by molar-refractivity contribution is -0.143. The van der Waals surface area contributed by atoms with E-state index in [1.54, 1.807) is 11.3 Å². The summed E-state index contributed by atoms with van der Waals surface area (Å²) in [6.45, 7) is 2.17. The van der Waals surface area contributed by atoms with Gasteiger partial charge in [0.15, 0.2) is 0 Å². The van der Waals surface area contributed by atoms with Gasteiger partial charge in [0.05, 0.1) is 13.2 Å². The highest BCUT2D eigenvalue weighted by Gasteiger charge is 2.36. The summed E-state index contributed by atoms with van der Waals surface area (Å²) in [5.74, 6) is -0.213. The number of hydrogen-bond acceptors (Lipinski definition) is 4. The van der Waals surface area contributed by atoms with Crippen molar-refractivity contribution in [3.8, 4) is 0 Å². The summed E-state index contributed by atoms with van der Waals surface area (Å²) in [5.41, 5.74) is 4.74. The summed E-state index contributed by atoms with van der Waals surface area (Å²) in [7, 11) is 1.45. The number of carbonyl (C=O) groups excluding carboxylic acids is 1. The SMILES string of the molecule is COC(=O)[C@H]1Cc2c([nH]c3ccccc23)[C@H](c2sc3ccccc3c2C)N1. The molecule has 2 aromatic heterocycles. The quantitative estimate of drug-likeness (QED) is 0.508. The third-order valence-electron chi connectivity index (χ3n) is 5.54. The number of para-hydroxylation sites is 1. The Kier molecular flexibility index (Phi) is 3.81. The predicted octanol–water partition coefficient (Wildman–Crippen LogP) is 4.47. The van der Waals surface area contributed by atoms with Crippen molar-refractivity contribution in [3.05, 3.63) is 70.2 Å². The van der Waals surface area contributed by atoms with E-state index in [2.05, 4.69) is 53.6 Å². The van der Waals surface area contributed by atoms with E-state index in [-0.39, 0.29) is 18.1 Å². The summed E-state index contributed by atoms with van der Waals surface area (Å²) >= 11 is 1.79. The van der Waals surface area contributed by atoms with Crippen LogP contribution in [0.1, 0.15) is 27.7 Å². The Hall–Kier alpha value is -2.63. The molecule has 2 aromatic carbocycles. The maximum atomic E-state index is 12.4. The molecule has 3 heterocycles. The van der Waals surface area contributed by atoms with Crippen molar-refractivity contribution in [2.24, 2.45) is 0 Å². The zero-order chi connectivity index (χ0) is 18.5. The number of esters is 1. The molecule has 1 aliphatic heterocycles. The maximum Gasteiger partial charge on any atom is 0.323 e. The number of benzene rings is 2. The van der Waals surface area contributed by atoms with Crippen molar-refractivity contribution in [2.75, 3.05) is 7.11 Å². The number of aryl methyl sites for hydroxylation is 1. The molecule has 0 fully saturated rings. The summed E-state index contributed by atoms with van der Waals surface area (Å²) in [6.07, 6.45) is 0.631. The third kappa shape index (κ3) is 2.50. The molecule has 0 saturated heterocycles. The van der Waals surface area contributed by atoms with Gasteiger partial charge < -0.3 is 9.72 Å². The number of fused-ring (bicyclic) bond motifs is 4. The Balaban J connectivity index is 1.73. The van der Waals surface area contributed by atoms with E-state index in [0.29, 0.717) is 6.42 Å². The minimum atomic E-state index is -0.351. The van der Waals surface area contributed by atoms with E-state index in [9.17, 15) is 4.79 Å². The van der Waals surface area contributed by atoms with Gasteiger partial charge in [-0.25, -0.2) is 0 Å². The molecule has 2 N–H and O–H groups in total. The Bertz CT molecular complexity index is 1170. The predicted molar refractivity (Wildman–Crippen MR) is 109 cm³/mol. The number of ether oxygens (including phenoxy) is 1. The Morgan fingerprint density at radius 2 is 1.85 bits per heavy atom. The molecule has 4 nitrogen and oxygen atoms in total. The first-order valence-electron chi connectivity index (χ1n) is 9.08. The van der Waals surface area contributed by atoms with Crippen molar-refractivity contribution in [3.63, 3.8) is 0 Å². The van der Waals surface area contributed by atoms with Crippen molar-refractivity contribution < 1.29 is 9.53 Å². The lowest BCUT2D eigenvalue weighted by Crippen LogP contribution is -2.45. The van der Waals surface area contributed by atoms with Gasteiger partial charge in [0.25, 0.3) is 0 Å². The van der Waals surface area contributed by atoms with E-state index in [4.69, 9.17) is 4.74 Å². The number of thiophene rings is 1. The van der Waals surface area contributed by atoms with Gasteiger partial charge in [0.2, 0.25) is 0 Å². The smallest absolute Gasteiger partial charge is 0.323 e. The number of rotatable bonds is 2. The van der Waals surface area contributed by atoms with Crippen LogP contribution in [0.15, 0.2) is 48.5 Å². The topological polar surface area (TPSA) is 54.1 Å². The average Bonchev–Trinajstić information content (AvgIpc) is 3.25. The fourth-order valence-electron chi connectivity index (χ4n) is 4.20. The zero-order valence-corrected chi connectivity index (χ0v) is 16.0. The van der Waals surface area contributed by atoms with Crippen LogP contribution in [0.4, 0.5) is 0 Å². The number of aromatic amines is 1. The highest BCUT2D eigenvalue weighted by atomic mass is 32.1. The van der Waals surface area contributed by atoms with Gasteiger partial charge in [0.1, 0.15) is 6.04 Å². The molecule has 0 amide bonds. The van der Waals surface area contributed by atoms with Crippen LogP contribution in [0.2, 0.25) is 0 Å². The number of methoxy groups -OCH3 is 1. The van der Waals surface area contributed by atoms with Crippen LogP contribution in [0.25, 0.3) is 21.0 Å². The van der Waals surface area contributed by atoms with Gasteiger partial charge in [-0.1, -0.05) is 36.4 Å². The summed E-state index contributed by atoms with van der Waals surface area (Å²) < 4.78 is 6.33. The van der Waals surface area contributed by atoms with E-state index < -0.39 is 0 Å². The Labute approximate surface area is 161 Å². The first-order chi connectivity index (χ1) is 13.2. The van der Waals surface area contributed by atoms with Gasteiger partial charge in [-0.15, -0.1) is 11.3 Å². The Morgan fingerprint density at radius 3 is 2.63 bits per heavy atom. The maximum absolute atomic E-state index is 12.4. The molecule has 0 bridgehead atoms. The summed E-state index contributed by atoms with van der Waals surface area (Å²) in [6, 6.07) is 16.4. The normalized spacial score (nSPS) is 19.3. The number of aromatic nitrogens is 1.